The van der Waals surface area contributed by atoms with Gasteiger partial charge in [-0.15, -0.1) is 0 Å². The first-order chi connectivity index (χ1) is 8.50. The van der Waals surface area contributed by atoms with Crippen LogP contribution in [0.15, 0.2) is 0 Å². The van der Waals surface area contributed by atoms with Gasteiger partial charge in [-0.3, -0.25) is 4.90 Å². The lowest BCUT2D eigenvalue weighted by Crippen LogP contribution is -2.59. The highest BCUT2D eigenvalue weighted by molar-refractivity contribution is 4.90. The summed E-state index contributed by atoms with van der Waals surface area (Å²) >= 11 is 0. The van der Waals surface area contributed by atoms with Gasteiger partial charge >= 0.3 is 0 Å². The van der Waals surface area contributed by atoms with E-state index in [1.807, 2.05) is 0 Å². The van der Waals surface area contributed by atoms with E-state index in [1.165, 1.54) is 51.7 Å². The lowest BCUT2D eigenvalue weighted by Gasteiger charge is -2.46. The highest BCUT2D eigenvalue weighted by atomic mass is 15.2. The monoisotopic (exact) mass is 252 g/mol. The molecule has 18 heavy (non-hydrogen) atoms. The fourth-order valence-electron chi connectivity index (χ4n) is 3.90. The average Bonchev–Trinajstić information content (AvgIpc) is 2.28. The summed E-state index contributed by atoms with van der Waals surface area (Å²) in [6.45, 7) is 13.3. The number of hydrogen-bond acceptors (Lipinski definition) is 2. The van der Waals surface area contributed by atoms with Crippen LogP contribution in [0.1, 0.15) is 59.8 Å². The normalized spacial score (nSPS) is 33.8. The van der Waals surface area contributed by atoms with Crippen LogP contribution in [0, 0.1) is 11.3 Å². The van der Waals surface area contributed by atoms with Gasteiger partial charge in [0, 0.05) is 31.7 Å². The first kappa shape index (κ1) is 14.3. The molecule has 1 aliphatic heterocycles. The highest BCUT2D eigenvalue weighted by Crippen LogP contribution is 2.37. The third kappa shape index (κ3) is 3.48. The standard InChI is InChI=1S/C16H32N2/c1-13(2)15-10-17-14(3)11-18(15)12-16(4)8-6-5-7-9-16/h13-15,17H,5-12H2,1-4H3. The maximum atomic E-state index is 3.65. The van der Waals surface area contributed by atoms with Crippen molar-refractivity contribution in [2.75, 3.05) is 19.6 Å². The molecule has 1 aliphatic carbocycles. The van der Waals surface area contributed by atoms with Gasteiger partial charge < -0.3 is 5.32 Å². The van der Waals surface area contributed by atoms with Gasteiger partial charge in [-0.05, 0) is 31.1 Å². The molecule has 106 valence electrons. The summed E-state index contributed by atoms with van der Waals surface area (Å²) in [5.41, 5.74) is 0.586. The molecule has 2 nitrogen and oxygen atoms in total. The number of hydrogen-bond donors (Lipinski definition) is 1. The molecule has 0 bridgehead atoms. The molecule has 2 aliphatic rings. The summed E-state index contributed by atoms with van der Waals surface area (Å²) in [4.78, 5) is 2.79. The molecule has 0 aromatic heterocycles. The molecule has 2 unspecified atom stereocenters. The van der Waals surface area contributed by atoms with Crippen LogP contribution < -0.4 is 5.32 Å². The second kappa shape index (κ2) is 5.92. The molecule has 1 N–H and O–H groups in total. The molecule has 2 fully saturated rings. The Labute approximate surface area is 114 Å². The minimum absolute atomic E-state index is 0.586. The minimum Gasteiger partial charge on any atom is -0.311 e. The molecule has 0 radical (unpaired) electrons. The second-order valence-corrected chi connectivity index (χ2v) is 7.42. The molecule has 1 saturated heterocycles. The molecular weight excluding hydrogens is 220 g/mol. The van der Waals surface area contributed by atoms with Gasteiger partial charge in [-0.2, -0.15) is 0 Å². The number of rotatable bonds is 3. The fourth-order valence-corrected chi connectivity index (χ4v) is 3.90. The van der Waals surface area contributed by atoms with E-state index < -0.39 is 0 Å². The second-order valence-electron chi connectivity index (χ2n) is 7.42. The Morgan fingerprint density at radius 2 is 1.89 bits per heavy atom. The summed E-state index contributed by atoms with van der Waals surface area (Å²) < 4.78 is 0. The molecule has 0 spiro atoms. The van der Waals surface area contributed by atoms with Crippen molar-refractivity contribution in [3.8, 4) is 0 Å². The largest absolute Gasteiger partial charge is 0.311 e. The summed E-state index contributed by atoms with van der Waals surface area (Å²) in [6, 6.07) is 1.40. The van der Waals surface area contributed by atoms with Gasteiger partial charge in [0.05, 0.1) is 0 Å². The molecule has 2 atom stereocenters. The third-order valence-electron chi connectivity index (χ3n) is 5.07. The van der Waals surface area contributed by atoms with Gasteiger partial charge in [0.1, 0.15) is 0 Å². The lowest BCUT2D eigenvalue weighted by molar-refractivity contribution is 0.0423. The van der Waals surface area contributed by atoms with Gasteiger partial charge in [-0.25, -0.2) is 0 Å². The Hall–Kier alpha value is -0.0800. The van der Waals surface area contributed by atoms with Crippen LogP contribution in [-0.2, 0) is 0 Å². The van der Waals surface area contributed by atoms with E-state index in [0.29, 0.717) is 11.5 Å². The zero-order valence-electron chi connectivity index (χ0n) is 12.8. The fraction of sp³-hybridized carbons (Fsp3) is 1.00. The van der Waals surface area contributed by atoms with E-state index in [0.717, 1.165) is 12.0 Å². The Morgan fingerprint density at radius 3 is 2.50 bits per heavy atom. The Balaban J connectivity index is 1.99. The van der Waals surface area contributed by atoms with Crippen LogP contribution in [0.2, 0.25) is 0 Å². The van der Waals surface area contributed by atoms with Crippen molar-refractivity contribution in [3.63, 3.8) is 0 Å². The van der Waals surface area contributed by atoms with E-state index >= 15 is 0 Å². The molecule has 1 saturated carbocycles. The number of nitrogens with zero attached hydrogens (tertiary/aromatic N) is 1. The van der Waals surface area contributed by atoms with Gasteiger partial charge in [0.15, 0.2) is 0 Å². The van der Waals surface area contributed by atoms with Crippen molar-refractivity contribution >= 4 is 0 Å². The number of piperazine rings is 1. The molecule has 0 aromatic carbocycles. The zero-order chi connectivity index (χ0) is 13.2. The predicted octanol–water partition coefficient (Wildman–Crippen LogP) is 3.28. The Morgan fingerprint density at radius 1 is 1.22 bits per heavy atom. The Bertz CT molecular complexity index is 256. The minimum atomic E-state index is 0.586. The molecular formula is C16H32N2. The lowest BCUT2D eigenvalue weighted by atomic mass is 9.75. The molecule has 2 rings (SSSR count). The maximum Gasteiger partial charge on any atom is 0.0244 e. The predicted molar refractivity (Wildman–Crippen MR) is 78.9 cm³/mol. The Kier molecular flexibility index (Phi) is 4.71. The first-order valence-corrected chi connectivity index (χ1v) is 7.98. The first-order valence-electron chi connectivity index (χ1n) is 7.98. The van der Waals surface area contributed by atoms with Crippen LogP contribution in [0.4, 0.5) is 0 Å². The van der Waals surface area contributed by atoms with E-state index in [-0.39, 0.29) is 0 Å². The zero-order valence-corrected chi connectivity index (χ0v) is 12.8. The van der Waals surface area contributed by atoms with E-state index in [9.17, 15) is 0 Å². The van der Waals surface area contributed by atoms with E-state index in [2.05, 4.69) is 37.9 Å². The summed E-state index contributed by atoms with van der Waals surface area (Å²) in [6.07, 6.45) is 7.24. The van der Waals surface area contributed by atoms with Crippen molar-refractivity contribution in [3.05, 3.63) is 0 Å². The summed E-state index contributed by atoms with van der Waals surface area (Å²) in [5, 5.41) is 3.65. The van der Waals surface area contributed by atoms with Crippen molar-refractivity contribution in [1.82, 2.24) is 10.2 Å². The third-order valence-corrected chi connectivity index (χ3v) is 5.07. The van der Waals surface area contributed by atoms with Crippen molar-refractivity contribution in [1.29, 1.82) is 0 Å². The van der Waals surface area contributed by atoms with E-state index in [1.54, 1.807) is 0 Å². The van der Waals surface area contributed by atoms with Crippen molar-refractivity contribution in [2.24, 2.45) is 11.3 Å². The van der Waals surface area contributed by atoms with E-state index in [4.69, 9.17) is 0 Å². The maximum absolute atomic E-state index is 3.65. The number of nitrogens with one attached hydrogen (secondary N) is 1. The smallest absolute Gasteiger partial charge is 0.0244 e. The summed E-state index contributed by atoms with van der Waals surface area (Å²) in [7, 11) is 0. The van der Waals surface area contributed by atoms with Crippen LogP contribution >= 0.6 is 0 Å². The molecule has 0 amide bonds. The average molecular weight is 252 g/mol. The van der Waals surface area contributed by atoms with Gasteiger partial charge in [0.2, 0.25) is 0 Å². The van der Waals surface area contributed by atoms with Gasteiger partial charge in [0.25, 0.3) is 0 Å². The van der Waals surface area contributed by atoms with Crippen LogP contribution in [-0.4, -0.2) is 36.6 Å². The highest BCUT2D eigenvalue weighted by Gasteiger charge is 2.35. The molecule has 1 heterocycles. The van der Waals surface area contributed by atoms with Crippen LogP contribution in [0.3, 0.4) is 0 Å². The van der Waals surface area contributed by atoms with Crippen molar-refractivity contribution < 1.29 is 0 Å². The molecule has 2 heteroatoms. The SMILES string of the molecule is CC1CN(CC2(C)CCCCC2)C(C(C)C)CN1. The van der Waals surface area contributed by atoms with Crippen LogP contribution in [0.5, 0.6) is 0 Å². The topological polar surface area (TPSA) is 15.3 Å². The quantitative estimate of drug-likeness (QED) is 0.829. The summed E-state index contributed by atoms with van der Waals surface area (Å²) in [5.74, 6) is 0.761. The molecule has 0 aromatic rings. The van der Waals surface area contributed by atoms with Gasteiger partial charge in [-0.1, -0.05) is 40.0 Å². The van der Waals surface area contributed by atoms with Crippen molar-refractivity contribution in [2.45, 2.75) is 71.9 Å². The van der Waals surface area contributed by atoms with Crippen LogP contribution in [0.25, 0.3) is 0 Å².